The Morgan fingerprint density at radius 2 is 2.04 bits per heavy atom. The number of rotatable bonds is 1. The molecule has 1 aromatic rings. The van der Waals surface area contributed by atoms with E-state index in [4.69, 9.17) is 5.73 Å². The molecule has 2 saturated carbocycles. The van der Waals surface area contributed by atoms with E-state index in [0.29, 0.717) is 6.54 Å². The Morgan fingerprint density at radius 3 is 2.70 bits per heavy atom. The number of fused-ring (bicyclic) bond motifs is 2. The molecule has 1 aliphatic heterocycles. The Kier molecular flexibility index (Phi) is 3.31. The quantitative estimate of drug-likeness (QED) is 0.862. The molecule has 1 amide bonds. The molecule has 4 rings (SSSR count). The Morgan fingerprint density at radius 1 is 1.26 bits per heavy atom. The van der Waals surface area contributed by atoms with Crippen molar-refractivity contribution in [2.45, 2.75) is 62.8 Å². The first-order valence-corrected chi connectivity index (χ1v) is 8.84. The number of amides is 1. The lowest BCUT2D eigenvalue weighted by molar-refractivity contribution is -0.125. The topological polar surface area (TPSA) is 46.3 Å². The standard InChI is InChI=1S/C19H25FN2O/c1-18(21)9-3-2-6-13(18)17(23)22-12-19(10-5-11-19)16-14(20)7-4-8-15(16)22/h4,7-8,13H,2-3,5-6,9-12,21H2,1H3. The molecule has 0 aromatic heterocycles. The number of benzene rings is 1. The summed E-state index contributed by atoms with van der Waals surface area (Å²) in [6.45, 7) is 2.63. The summed E-state index contributed by atoms with van der Waals surface area (Å²) in [4.78, 5) is 15.1. The fourth-order valence-corrected chi connectivity index (χ4v) is 4.89. The molecular weight excluding hydrogens is 291 g/mol. The molecule has 0 bridgehead atoms. The van der Waals surface area contributed by atoms with E-state index in [1.165, 1.54) is 6.07 Å². The van der Waals surface area contributed by atoms with E-state index in [1.807, 2.05) is 17.9 Å². The van der Waals surface area contributed by atoms with Gasteiger partial charge in [-0.15, -0.1) is 0 Å². The van der Waals surface area contributed by atoms with Gasteiger partial charge in [-0.25, -0.2) is 4.39 Å². The van der Waals surface area contributed by atoms with Crippen molar-refractivity contribution in [2.24, 2.45) is 11.7 Å². The van der Waals surface area contributed by atoms with Gasteiger partial charge in [0.05, 0.1) is 11.6 Å². The molecule has 2 fully saturated rings. The van der Waals surface area contributed by atoms with Crippen LogP contribution < -0.4 is 10.6 Å². The van der Waals surface area contributed by atoms with E-state index >= 15 is 0 Å². The molecule has 1 aromatic carbocycles. The fraction of sp³-hybridized carbons (Fsp3) is 0.632. The van der Waals surface area contributed by atoms with Crippen LogP contribution in [0.25, 0.3) is 0 Å². The average Bonchev–Trinajstić information content (AvgIpc) is 2.83. The summed E-state index contributed by atoms with van der Waals surface area (Å²) in [7, 11) is 0. The van der Waals surface area contributed by atoms with Crippen molar-refractivity contribution in [3.05, 3.63) is 29.6 Å². The SMILES string of the molecule is CC1(N)CCCCC1C(=O)N1CC2(CCC2)c2c(F)cccc21. The molecule has 124 valence electrons. The summed E-state index contributed by atoms with van der Waals surface area (Å²) in [6, 6.07) is 5.15. The fourth-order valence-electron chi connectivity index (χ4n) is 4.89. The van der Waals surface area contributed by atoms with Crippen molar-refractivity contribution in [1.29, 1.82) is 0 Å². The Labute approximate surface area is 137 Å². The van der Waals surface area contributed by atoms with Gasteiger partial charge in [-0.1, -0.05) is 25.3 Å². The van der Waals surface area contributed by atoms with Gasteiger partial charge in [-0.05, 0) is 44.7 Å². The number of hydrogen-bond donors (Lipinski definition) is 1. The highest BCUT2D eigenvalue weighted by Gasteiger charge is 2.52. The maximum Gasteiger partial charge on any atom is 0.231 e. The van der Waals surface area contributed by atoms with Gasteiger partial charge in [-0.3, -0.25) is 4.79 Å². The van der Waals surface area contributed by atoms with Crippen LogP contribution in [0.4, 0.5) is 10.1 Å². The van der Waals surface area contributed by atoms with Crippen molar-refractivity contribution in [3.63, 3.8) is 0 Å². The summed E-state index contributed by atoms with van der Waals surface area (Å²) < 4.78 is 14.5. The van der Waals surface area contributed by atoms with Crippen LogP contribution in [0.15, 0.2) is 18.2 Å². The van der Waals surface area contributed by atoms with E-state index in [0.717, 1.165) is 56.2 Å². The molecule has 2 N–H and O–H groups in total. The van der Waals surface area contributed by atoms with Gasteiger partial charge in [0, 0.05) is 23.1 Å². The Balaban J connectivity index is 1.71. The lowest BCUT2D eigenvalue weighted by atomic mass is 9.65. The molecule has 4 heteroatoms. The second-order valence-corrected chi connectivity index (χ2v) is 8.00. The number of halogens is 1. The molecule has 2 atom stereocenters. The van der Waals surface area contributed by atoms with E-state index in [2.05, 4.69) is 0 Å². The predicted octanol–water partition coefficient (Wildman–Crippen LogP) is 3.50. The maximum atomic E-state index is 14.5. The molecule has 2 unspecified atom stereocenters. The van der Waals surface area contributed by atoms with Gasteiger partial charge in [0.15, 0.2) is 0 Å². The van der Waals surface area contributed by atoms with Crippen LogP contribution in [-0.4, -0.2) is 18.0 Å². The normalized spacial score (nSPS) is 31.8. The smallest absolute Gasteiger partial charge is 0.231 e. The van der Waals surface area contributed by atoms with Gasteiger partial charge in [0.2, 0.25) is 5.91 Å². The van der Waals surface area contributed by atoms with Crippen molar-refractivity contribution in [1.82, 2.24) is 0 Å². The number of hydrogen-bond acceptors (Lipinski definition) is 2. The minimum atomic E-state index is -0.446. The zero-order chi connectivity index (χ0) is 16.2. The molecule has 3 nitrogen and oxygen atoms in total. The number of carbonyl (C=O) groups excluding carboxylic acids is 1. The van der Waals surface area contributed by atoms with Gasteiger partial charge < -0.3 is 10.6 Å². The van der Waals surface area contributed by atoms with Gasteiger partial charge in [0.25, 0.3) is 0 Å². The first kappa shape index (κ1) is 15.1. The summed E-state index contributed by atoms with van der Waals surface area (Å²) in [5.74, 6) is -0.204. The monoisotopic (exact) mass is 316 g/mol. The van der Waals surface area contributed by atoms with Crippen LogP contribution in [0.2, 0.25) is 0 Å². The molecule has 0 saturated heterocycles. The molecule has 2 aliphatic carbocycles. The number of carbonyl (C=O) groups is 1. The minimum Gasteiger partial charge on any atom is -0.325 e. The van der Waals surface area contributed by atoms with E-state index in [9.17, 15) is 9.18 Å². The van der Waals surface area contributed by atoms with E-state index < -0.39 is 5.54 Å². The molecule has 1 spiro atoms. The van der Waals surface area contributed by atoms with Crippen molar-refractivity contribution >= 4 is 11.6 Å². The van der Waals surface area contributed by atoms with Crippen molar-refractivity contribution < 1.29 is 9.18 Å². The molecule has 3 aliphatic rings. The number of nitrogens with two attached hydrogens (primary N) is 1. The van der Waals surface area contributed by atoms with Crippen molar-refractivity contribution in [2.75, 3.05) is 11.4 Å². The van der Waals surface area contributed by atoms with E-state index in [-0.39, 0.29) is 23.1 Å². The molecule has 1 heterocycles. The average molecular weight is 316 g/mol. The highest BCUT2D eigenvalue weighted by molar-refractivity contribution is 5.98. The third kappa shape index (κ3) is 2.14. The van der Waals surface area contributed by atoms with Crippen LogP contribution in [0.1, 0.15) is 57.4 Å². The van der Waals surface area contributed by atoms with Gasteiger partial charge >= 0.3 is 0 Å². The largest absolute Gasteiger partial charge is 0.325 e. The van der Waals surface area contributed by atoms with Crippen LogP contribution in [-0.2, 0) is 10.2 Å². The Bertz CT molecular complexity index is 651. The zero-order valence-corrected chi connectivity index (χ0v) is 13.8. The predicted molar refractivity (Wildman–Crippen MR) is 88.8 cm³/mol. The second-order valence-electron chi connectivity index (χ2n) is 8.00. The van der Waals surface area contributed by atoms with Crippen LogP contribution >= 0.6 is 0 Å². The zero-order valence-electron chi connectivity index (χ0n) is 13.8. The summed E-state index contributed by atoms with van der Waals surface area (Å²) in [6.07, 6.45) is 6.96. The Hall–Kier alpha value is -1.42. The van der Waals surface area contributed by atoms with Gasteiger partial charge in [-0.2, -0.15) is 0 Å². The molecular formula is C19H25FN2O. The number of anilines is 1. The lowest BCUT2D eigenvalue weighted by Crippen LogP contribution is -2.54. The summed E-state index contributed by atoms with van der Waals surface area (Å²) in [5.41, 5.74) is 7.40. The lowest BCUT2D eigenvalue weighted by Gasteiger charge is -2.41. The third-order valence-electron chi connectivity index (χ3n) is 6.40. The van der Waals surface area contributed by atoms with Crippen LogP contribution in [0, 0.1) is 11.7 Å². The number of nitrogens with zero attached hydrogens (tertiary/aromatic N) is 1. The highest BCUT2D eigenvalue weighted by atomic mass is 19.1. The third-order valence-corrected chi connectivity index (χ3v) is 6.40. The molecule has 23 heavy (non-hydrogen) atoms. The highest BCUT2D eigenvalue weighted by Crippen LogP contribution is 2.54. The maximum absolute atomic E-state index is 14.5. The van der Waals surface area contributed by atoms with Crippen molar-refractivity contribution in [3.8, 4) is 0 Å². The second kappa shape index (κ2) is 5.04. The van der Waals surface area contributed by atoms with Gasteiger partial charge in [0.1, 0.15) is 5.82 Å². The summed E-state index contributed by atoms with van der Waals surface area (Å²) >= 11 is 0. The molecule has 0 radical (unpaired) electrons. The first-order valence-electron chi connectivity index (χ1n) is 8.84. The van der Waals surface area contributed by atoms with E-state index in [1.54, 1.807) is 6.07 Å². The summed E-state index contributed by atoms with van der Waals surface area (Å²) in [5, 5.41) is 0. The van der Waals surface area contributed by atoms with Crippen LogP contribution in [0.3, 0.4) is 0 Å². The minimum absolute atomic E-state index is 0.102. The van der Waals surface area contributed by atoms with Crippen LogP contribution in [0.5, 0.6) is 0 Å². The first-order chi connectivity index (χ1) is 10.9.